The summed E-state index contributed by atoms with van der Waals surface area (Å²) in [6.07, 6.45) is 6.10. The van der Waals surface area contributed by atoms with Crippen molar-refractivity contribution in [3.8, 4) is 11.3 Å². The van der Waals surface area contributed by atoms with Crippen molar-refractivity contribution in [3.63, 3.8) is 0 Å². The molecule has 0 bridgehead atoms. The third-order valence-corrected chi connectivity index (χ3v) is 11.8. The topological polar surface area (TPSA) is 178 Å². The summed E-state index contributed by atoms with van der Waals surface area (Å²) in [6.45, 7) is 11.4. The standard InChI is InChI=1S/C40H55F2N9O6/c1-22(2)31(47-38(54)56-6)36(52)50-14-8-10-28(50)34-43-20-27(45-34)24-18-25(41)33(26(42)19-24)49-16-12-40(5,13-17-49)30-21-44-35(46-30)29-11-9-15-51(29)37(53)32(23(3)4)48-39(55)57-7/h18-23,28-29,31-32H,8-17H2,1-7H3,(H,43,45)(H,44,46)(H,47,54)(H,48,55)/t28-,29-,31-,32-/m0/s1. The second-order valence-electron chi connectivity index (χ2n) is 16.3. The smallest absolute Gasteiger partial charge is 0.407 e. The minimum Gasteiger partial charge on any atom is -0.453 e. The van der Waals surface area contributed by atoms with Crippen LogP contribution in [0.1, 0.15) is 103 Å². The normalized spacial score (nSPS) is 20.5. The van der Waals surface area contributed by atoms with Crippen molar-refractivity contribution in [2.24, 2.45) is 11.8 Å². The Bertz CT molecular complexity index is 1920. The van der Waals surface area contributed by atoms with Crippen molar-refractivity contribution >= 4 is 29.7 Å². The molecule has 3 aliphatic heterocycles. The maximum Gasteiger partial charge on any atom is 0.407 e. The predicted molar refractivity (Wildman–Crippen MR) is 207 cm³/mol. The number of rotatable bonds is 11. The molecule has 17 heteroatoms. The number of methoxy groups -OCH3 is 2. The first-order valence-electron chi connectivity index (χ1n) is 19.8. The van der Waals surface area contributed by atoms with Gasteiger partial charge in [0.25, 0.3) is 0 Å². The average Bonchev–Trinajstić information content (AvgIpc) is 4.02. The molecule has 3 aromatic rings. The molecule has 5 heterocycles. The van der Waals surface area contributed by atoms with Gasteiger partial charge in [-0.1, -0.05) is 34.6 Å². The highest BCUT2D eigenvalue weighted by Crippen LogP contribution is 2.40. The minimum atomic E-state index is -0.783. The summed E-state index contributed by atoms with van der Waals surface area (Å²) < 4.78 is 41.2. The Morgan fingerprint density at radius 3 is 1.72 bits per heavy atom. The van der Waals surface area contributed by atoms with E-state index in [1.807, 2.05) is 27.7 Å². The molecule has 4 N–H and O–H groups in total. The van der Waals surface area contributed by atoms with Crippen LogP contribution < -0.4 is 15.5 Å². The maximum atomic E-state index is 15.9. The van der Waals surface area contributed by atoms with Crippen LogP contribution in [0, 0.1) is 23.5 Å². The first-order chi connectivity index (χ1) is 27.1. The van der Waals surface area contributed by atoms with Crippen molar-refractivity contribution < 1.29 is 37.4 Å². The van der Waals surface area contributed by atoms with Crippen molar-refractivity contribution in [2.45, 2.75) is 103 Å². The third kappa shape index (κ3) is 8.56. The zero-order valence-electron chi connectivity index (χ0n) is 33.8. The van der Waals surface area contributed by atoms with E-state index in [0.29, 0.717) is 68.3 Å². The number of aromatic nitrogens is 4. The fraction of sp³-hybridized carbons (Fsp3) is 0.600. The molecule has 2 aromatic heterocycles. The Morgan fingerprint density at radius 1 is 0.772 bits per heavy atom. The van der Waals surface area contributed by atoms with Gasteiger partial charge >= 0.3 is 12.2 Å². The molecule has 4 atom stereocenters. The van der Waals surface area contributed by atoms with Crippen LogP contribution in [0.4, 0.5) is 24.1 Å². The summed E-state index contributed by atoms with van der Waals surface area (Å²) in [7, 11) is 2.51. The molecule has 3 saturated heterocycles. The van der Waals surface area contributed by atoms with Crippen LogP contribution in [0.15, 0.2) is 24.5 Å². The van der Waals surface area contributed by atoms with Crippen molar-refractivity contribution in [1.82, 2.24) is 40.4 Å². The molecule has 4 amide bonds. The monoisotopic (exact) mass is 795 g/mol. The fourth-order valence-corrected chi connectivity index (χ4v) is 8.37. The van der Waals surface area contributed by atoms with Gasteiger partial charge in [-0.3, -0.25) is 9.59 Å². The number of nitrogens with zero attached hydrogens (tertiary/aromatic N) is 5. The van der Waals surface area contributed by atoms with E-state index >= 15 is 8.78 Å². The van der Waals surface area contributed by atoms with Gasteiger partial charge in [-0.15, -0.1) is 0 Å². The molecule has 0 saturated carbocycles. The molecule has 15 nitrogen and oxygen atoms in total. The SMILES string of the molecule is COC(=O)N[C@H](C(=O)N1CCC[C@H]1c1ncc(-c2cc(F)c(N3CCC(C)(c4cnc([C@@H]5CCCN5C(=O)[C@@H](NC(=O)OC)C(C)C)[nH]4)CC3)c(F)c2)[nH]1)C(C)C. The number of nitrogens with one attached hydrogen (secondary N) is 4. The summed E-state index contributed by atoms with van der Waals surface area (Å²) in [5, 5.41) is 5.30. The number of anilines is 1. The van der Waals surface area contributed by atoms with Crippen molar-refractivity contribution in [1.29, 1.82) is 0 Å². The number of piperidine rings is 1. The Hall–Kier alpha value is -5.22. The van der Waals surface area contributed by atoms with Gasteiger partial charge in [0.05, 0.1) is 38.2 Å². The Morgan fingerprint density at radius 2 is 1.25 bits per heavy atom. The van der Waals surface area contributed by atoms with Gasteiger partial charge in [0.15, 0.2) is 0 Å². The predicted octanol–water partition coefficient (Wildman–Crippen LogP) is 5.72. The number of carbonyl (C=O) groups is 4. The number of H-pyrrole nitrogens is 2. The number of imidazole rings is 2. The molecule has 57 heavy (non-hydrogen) atoms. The van der Waals surface area contributed by atoms with Crippen LogP contribution >= 0.6 is 0 Å². The summed E-state index contributed by atoms with van der Waals surface area (Å²) in [5.41, 5.74) is 1.18. The zero-order chi connectivity index (χ0) is 41.2. The number of aromatic amines is 2. The van der Waals surface area contributed by atoms with E-state index in [1.54, 1.807) is 20.9 Å². The second kappa shape index (κ2) is 17.1. The number of hydrogen-bond donors (Lipinski definition) is 4. The van der Waals surface area contributed by atoms with Crippen LogP contribution in [-0.2, 0) is 24.5 Å². The summed E-state index contributed by atoms with van der Waals surface area (Å²) in [4.78, 5) is 72.1. The van der Waals surface area contributed by atoms with E-state index in [9.17, 15) is 19.2 Å². The Balaban J connectivity index is 1.11. The van der Waals surface area contributed by atoms with Gasteiger partial charge in [-0.25, -0.2) is 28.3 Å². The van der Waals surface area contributed by atoms with Crippen molar-refractivity contribution in [3.05, 3.63) is 53.5 Å². The largest absolute Gasteiger partial charge is 0.453 e. The lowest BCUT2D eigenvalue weighted by Gasteiger charge is -2.40. The lowest BCUT2D eigenvalue weighted by atomic mass is 9.77. The van der Waals surface area contributed by atoms with E-state index in [4.69, 9.17) is 14.5 Å². The summed E-state index contributed by atoms with van der Waals surface area (Å²) in [6, 6.07) is 0.433. The number of likely N-dealkylation sites (tertiary alicyclic amines) is 2. The number of ether oxygens (including phenoxy) is 2. The zero-order valence-corrected chi connectivity index (χ0v) is 33.8. The van der Waals surface area contributed by atoms with E-state index in [2.05, 4.69) is 32.5 Å². The average molecular weight is 796 g/mol. The molecule has 3 fully saturated rings. The number of halogens is 2. The van der Waals surface area contributed by atoms with Crippen LogP contribution in [-0.4, -0.2) is 106 Å². The lowest BCUT2D eigenvalue weighted by molar-refractivity contribution is -0.136. The quantitative estimate of drug-likeness (QED) is 0.189. The highest BCUT2D eigenvalue weighted by molar-refractivity contribution is 5.87. The number of hydrogen-bond acceptors (Lipinski definition) is 9. The van der Waals surface area contributed by atoms with Crippen LogP contribution in [0.5, 0.6) is 0 Å². The molecule has 6 rings (SSSR count). The van der Waals surface area contributed by atoms with Crippen molar-refractivity contribution in [2.75, 3.05) is 45.3 Å². The van der Waals surface area contributed by atoms with Crippen LogP contribution in [0.3, 0.4) is 0 Å². The molecule has 1 aromatic carbocycles. The molecule has 3 aliphatic rings. The second-order valence-corrected chi connectivity index (χ2v) is 16.3. The molecule has 0 radical (unpaired) electrons. The van der Waals surface area contributed by atoms with Gasteiger partial charge in [0, 0.05) is 49.0 Å². The van der Waals surface area contributed by atoms with E-state index in [-0.39, 0.29) is 46.8 Å². The van der Waals surface area contributed by atoms with Gasteiger partial charge in [-0.2, -0.15) is 0 Å². The first-order valence-corrected chi connectivity index (χ1v) is 19.8. The molecular formula is C40H55F2N9O6. The minimum absolute atomic E-state index is 0.0865. The Labute approximate surface area is 331 Å². The summed E-state index contributed by atoms with van der Waals surface area (Å²) >= 11 is 0. The Kier molecular flexibility index (Phi) is 12.4. The number of carbonyl (C=O) groups excluding carboxylic acids is 4. The van der Waals surface area contributed by atoms with E-state index < -0.39 is 35.9 Å². The first kappa shape index (κ1) is 41.4. The number of amides is 4. The molecule has 0 spiro atoms. The van der Waals surface area contributed by atoms with E-state index in [0.717, 1.165) is 25.0 Å². The van der Waals surface area contributed by atoms with Crippen LogP contribution in [0.25, 0.3) is 11.3 Å². The number of benzene rings is 1. The molecular weight excluding hydrogens is 740 g/mol. The van der Waals surface area contributed by atoms with Gasteiger partial charge in [0.2, 0.25) is 11.8 Å². The fourth-order valence-electron chi connectivity index (χ4n) is 8.37. The van der Waals surface area contributed by atoms with Gasteiger partial charge in [-0.05, 0) is 62.5 Å². The third-order valence-electron chi connectivity index (χ3n) is 11.8. The number of alkyl carbamates (subject to hydrolysis) is 2. The summed E-state index contributed by atoms with van der Waals surface area (Å²) in [5.74, 6) is -0.958. The van der Waals surface area contributed by atoms with Gasteiger partial charge in [0.1, 0.15) is 41.1 Å². The molecule has 0 unspecified atom stereocenters. The van der Waals surface area contributed by atoms with Gasteiger partial charge < -0.3 is 44.8 Å². The lowest BCUT2D eigenvalue weighted by Crippen LogP contribution is -2.51. The van der Waals surface area contributed by atoms with Crippen LogP contribution in [0.2, 0.25) is 0 Å². The highest BCUT2D eigenvalue weighted by Gasteiger charge is 2.41. The molecule has 0 aliphatic carbocycles. The maximum absolute atomic E-state index is 15.9. The highest BCUT2D eigenvalue weighted by atomic mass is 19.1. The van der Waals surface area contributed by atoms with E-state index in [1.165, 1.54) is 32.5 Å². The molecule has 310 valence electrons.